The average molecular weight is 564 g/mol. The van der Waals surface area contributed by atoms with Crippen molar-refractivity contribution in [2.75, 3.05) is 0 Å². The lowest BCUT2D eigenvalue weighted by molar-refractivity contribution is 0.460. The van der Waals surface area contributed by atoms with Gasteiger partial charge in [-0.2, -0.15) is 0 Å². The topological polar surface area (TPSA) is 12.9 Å². The van der Waals surface area contributed by atoms with Crippen LogP contribution < -0.4 is 5.22 Å². The van der Waals surface area contributed by atoms with Gasteiger partial charge in [-0.3, -0.25) is 4.98 Å². The number of pyridine rings is 1. The van der Waals surface area contributed by atoms with E-state index in [1.54, 1.807) is 0 Å². The third-order valence-corrected chi connectivity index (χ3v) is 10.3. The Morgan fingerprint density at radius 3 is 2.27 bits per heavy atom. The first-order chi connectivity index (χ1) is 21.7. The van der Waals surface area contributed by atoms with Gasteiger partial charge in [0, 0.05) is 17.2 Å². The minimum absolute atomic E-state index is 0.0179. The van der Waals surface area contributed by atoms with Gasteiger partial charge in [-0.15, -0.1) is 0 Å². The van der Waals surface area contributed by atoms with Gasteiger partial charge in [0.25, 0.3) is 0 Å². The Hall–Kier alpha value is -5.01. The van der Waals surface area contributed by atoms with E-state index in [4.69, 9.17) is 4.98 Å². The second-order valence-corrected chi connectivity index (χ2v) is 13.0. The third-order valence-electron chi connectivity index (χ3n) is 10.3. The van der Waals surface area contributed by atoms with Crippen molar-refractivity contribution in [3.05, 3.63) is 167 Å². The molecule has 0 spiro atoms. The van der Waals surface area contributed by atoms with Gasteiger partial charge >= 0.3 is 0 Å². The summed E-state index contributed by atoms with van der Waals surface area (Å²) >= 11 is 0. The molecule has 6 aromatic carbocycles. The van der Waals surface area contributed by atoms with Gasteiger partial charge in [-0.05, 0) is 103 Å². The average Bonchev–Trinajstić information content (AvgIpc) is 3.08. The molecule has 1 nitrogen and oxygen atoms in total. The number of hydrogen-bond acceptors (Lipinski definition) is 1. The number of aryl methyl sites for hydroxylation is 1. The van der Waals surface area contributed by atoms with Gasteiger partial charge in [-0.1, -0.05) is 128 Å². The summed E-state index contributed by atoms with van der Waals surface area (Å²) in [5, 5.41) is 6.79. The van der Waals surface area contributed by atoms with Crippen LogP contribution in [0.25, 0.3) is 49.5 Å². The number of rotatable bonds is 4. The molecular formula is C43H33N. The molecule has 9 rings (SSSR count). The lowest BCUT2D eigenvalue weighted by Crippen LogP contribution is -2.31. The maximum absolute atomic E-state index is 5.11. The zero-order valence-corrected chi connectivity index (χ0v) is 25.0. The normalized spacial score (nSPS) is 17.1. The van der Waals surface area contributed by atoms with Crippen molar-refractivity contribution in [3.63, 3.8) is 0 Å². The van der Waals surface area contributed by atoms with Crippen LogP contribution in [-0.2, 0) is 24.7 Å². The van der Waals surface area contributed by atoms with E-state index in [1.165, 1.54) is 76.8 Å². The first-order valence-corrected chi connectivity index (χ1v) is 15.8. The molecule has 0 fully saturated rings. The van der Waals surface area contributed by atoms with E-state index in [0.29, 0.717) is 0 Å². The fraction of sp³-hybridized carbons (Fsp3) is 0.140. The summed E-state index contributed by atoms with van der Waals surface area (Å²) in [6.45, 7) is 2.42. The highest BCUT2D eigenvalue weighted by Gasteiger charge is 2.34. The Morgan fingerprint density at radius 1 is 0.614 bits per heavy atom. The van der Waals surface area contributed by atoms with Gasteiger partial charge in [0.2, 0.25) is 0 Å². The molecule has 0 saturated heterocycles. The van der Waals surface area contributed by atoms with Gasteiger partial charge in [-0.25, -0.2) is 0 Å². The Balaban J connectivity index is 1.12. The van der Waals surface area contributed by atoms with Crippen LogP contribution in [0, 0.1) is 0 Å². The van der Waals surface area contributed by atoms with Crippen LogP contribution in [0.15, 0.2) is 134 Å². The zero-order valence-electron chi connectivity index (χ0n) is 25.0. The third kappa shape index (κ3) is 3.89. The van der Waals surface area contributed by atoms with Gasteiger partial charge in [0.05, 0.1) is 5.69 Å². The summed E-state index contributed by atoms with van der Waals surface area (Å²) < 4.78 is 0. The van der Waals surface area contributed by atoms with Gasteiger partial charge in [0.15, 0.2) is 0 Å². The second-order valence-electron chi connectivity index (χ2n) is 13.0. The molecule has 0 radical (unpaired) electrons. The standard InChI is InChI=1S/C43H33N/c1-43(26-32-11-5-6-12-33(32)35-13-7-8-14-39(35)43)25-28-15-24-40(44-27-28)36-21-17-31-18-22-37-34(29-9-3-2-4-10-29)20-16-30-19-23-38(36)42(31)41(30)37/h2-15,17-19,21-24,27H,16,20,25-26H2,1H3. The smallest absolute Gasteiger partial charge is 0.0708 e. The van der Waals surface area contributed by atoms with Crippen LogP contribution in [0.2, 0.25) is 0 Å². The molecule has 1 unspecified atom stereocenters. The summed E-state index contributed by atoms with van der Waals surface area (Å²) in [5.74, 6) is 0. The lowest BCUT2D eigenvalue weighted by Gasteiger charge is -2.37. The van der Waals surface area contributed by atoms with Crippen molar-refractivity contribution in [1.29, 1.82) is 0 Å². The van der Waals surface area contributed by atoms with E-state index >= 15 is 0 Å². The number of fused-ring (bicyclic) bond motifs is 3. The number of aromatic nitrogens is 1. The molecule has 0 amide bonds. The summed E-state index contributed by atoms with van der Waals surface area (Å²) in [5.41, 5.74) is 13.4. The van der Waals surface area contributed by atoms with E-state index in [-0.39, 0.29) is 5.41 Å². The molecule has 1 heteroatoms. The predicted molar refractivity (Wildman–Crippen MR) is 184 cm³/mol. The molecule has 44 heavy (non-hydrogen) atoms. The molecule has 2 aliphatic rings. The summed E-state index contributed by atoms with van der Waals surface area (Å²) in [6, 6.07) is 47.2. The maximum Gasteiger partial charge on any atom is 0.0708 e. The molecule has 7 aromatic rings. The van der Waals surface area contributed by atoms with E-state index in [2.05, 4.69) is 141 Å². The minimum Gasteiger partial charge on any atom is -0.256 e. The van der Waals surface area contributed by atoms with Crippen molar-refractivity contribution >= 4 is 27.1 Å². The van der Waals surface area contributed by atoms with Crippen LogP contribution in [0.3, 0.4) is 0 Å². The van der Waals surface area contributed by atoms with Gasteiger partial charge in [0.1, 0.15) is 0 Å². The van der Waals surface area contributed by atoms with Crippen molar-refractivity contribution in [2.45, 2.75) is 38.0 Å². The fourth-order valence-electron chi connectivity index (χ4n) is 8.23. The first kappa shape index (κ1) is 25.5. The summed E-state index contributed by atoms with van der Waals surface area (Å²) in [7, 11) is 0. The van der Waals surface area contributed by atoms with Gasteiger partial charge < -0.3 is 0 Å². The molecule has 1 aromatic heterocycles. The van der Waals surface area contributed by atoms with Crippen molar-refractivity contribution in [3.8, 4) is 22.4 Å². The van der Waals surface area contributed by atoms with Crippen LogP contribution >= 0.6 is 0 Å². The Bertz CT molecular complexity index is 2280. The van der Waals surface area contributed by atoms with Crippen LogP contribution in [0.5, 0.6) is 0 Å². The number of benzene rings is 6. The Kier molecular flexibility index (Phi) is 5.65. The van der Waals surface area contributed by atoms with E-state index in [9.17, 15) is 0 Å². The predicted octanol–water partition coefficient (Wildman–Crippen LogP) is 9.64. The zero-order chi connectivity index (χ0) is 29.3. The monoisotopic (exact) mass is 563 g/mol. The largest absolute Gasteiger partial charge is 0.256 e. The number of hydrogen-bond donors (Lipinski definition) is 0. The maximum atomic E-state index is 5.11. The quantitative estimate of drug-likeness (QED) is 0.208. The van der Waals surface area contributed by atoms with E-state index in [1.807, 2.05) is 0 Å². The summed E-state index contributed by atoms with van der Waals surface area (Å²) in [4.78, 5) is 5.11. The number of nitrogens with zero attached hydrogens (tertiary/aromatic N) is 1. The molecule has 2 aliphatic carbocycles. The fourth-order valence-corrected chi connectivity index (χ4v) is 8.23. The SMILES string of the molecule is CC1(Cc2ccc(-c3ccc4ccc5c6c(ccc3c46)CCC=5c3ccccc3)nc2)Cc2ccccc2-c2ccccc21. The second kappa shape index (κ2) is 9.76. The highest BCUT2D eigenvalue weighted by molar-refractivity contribution is 6.16. The van der Waals surface area contributed by atoms with Crippen LogP contribution in [0.1, 0.15) is 41.2 Å². The highest BCUT2D eigenvalue weighted by Crippen LogP contribution is 2.45. The molecular weight excluding hydrogens is 530 g/mol. The molecule has 1 atom stereocenters. The van der Waals surface area contributed by atoms with E-state index in [0.717, 1.165) is 31.4 Å². The van der Waals surface area contributed by atoms with Crippen molar-refractivity contribution in [1.82, 2.24) is 4.98 Å². The molecule has 0 bridgehead atoms. The molecule has 0 aliphatic heterocycles. The summed E-state index contributed by atoms with van der Waals surface area (Å²) in [6.07, 6.45) is 6.27. The highest BCUT2D eigenvalue weighted by atomic mass is 14.7. The lowest BCUT2D eigenvalue weighted by atomic mass is 9.66. The van der Waals surface area contributed by atoms with Crippen LogP contribution in [0.4, 0.5) is 0 Å². The van der Waals surface area contributed by atoms with Crippen LogP contribution in [-0.4, -0.2) is 4.98 Å². The molecule has 0 N–H and O–H groups in total. The van der Waals surface area contributed by atoms with E-state index < -0.39 is 0 Å². The molecule has 210 valence electrons. The minimum atomic E-state index is 0.0179. The Morgan fingerprint density at radius 2 is 1.41 bits per heavy atom. The van der Waals surface area contributed by atoms with Crippen molar-refractivity contribution < 1.29 is 0 Å². The first-order valence-electron chi connectivity index (χ1n) is 15.8. The molecule has 1 heterocycles. The van der Waals surface area contributed by atoms with Crippen molar-refractivity contribution in [2.24, 2.45) is 0 Å². The Labute approximate surface area is 258 Å². The molecule has 0 saturated carbocycles.